The lowest BCUT2D eigenvalue weighted by Crippen LogP contribution is -2.08. The van der Waals surface area contributed by atoms with E-state index in [9.17, 15) is 0 Å². The molecule has 1 aliphatic carbocycles. The summed E-state index contributed by atoms with van der Waals surface area (Å²) < 4.78 is 0. The fraction of sp³-hybridized carbons (Fsp3) is 0.571. The lowest BCUT2D eigenvalue weighted by Gasteiger charge is -2.24. The number of rotatable bonds is 10. The first-order valence-electron chi connectivity index (χ1n) is 11.9. The van der Waals surface area contributed by atoms with Gasteiger partial charge in [0.1, 0.15) is 0 Å². The standard InChI is InChI=1S/C28H43P/c1-6-13-28-26(21(3)18-19-25(29)7-2)16-12-17-27(28)23(5)22(4)20-24-14-10-8-9-11-15-24/h6,12-13,16-17,22,24-25H,3,5,7-11,14-15,18-20,29H2,1-2,4H3/b13-6-. The summed E-state index contributed by atoms with van der Waals surface area (Å²) in [6.45, 7) is 15.8. The molecule has 0 N–H and O–H groups in total. The van der Waals surface area contributed by atoms with E-state index in [2.05, 4.69) is 73.5 Å². The number of hydrogen-bond acceptors (Lipinski definition) is 0. The van der Waals surface area contributed by atoms with E-state index in [0.717, 1.165) is 12.3 Å². The van der Waals surface area contributed by atoms with Crippen molar-refractivity contribution < 1.29 is 0 Å². The molecule has 29 heavy (non-hydrogen) atoms. The zero-order valence-electron chi connectivity index (χ0n) is 19.2. The normalized spacial score (nSPS) is 17.8. The van der Waals surface area contributed by atoms with Crippen LogP contribution in [0.15, 0.2) is 37.4 Å². The molecule has 0 radical (unpaired) electrons. The maximum absolute atomic E-state index is 4.58. The molecule has 1 fully saturated rings. The van der Waals surface area contributed by atoms with Gasteiger partial charge in [-0.15, -0.1) is 9.24 Å². The van der Waals surface area contributed by atoms with Crippen LogP contribution in [-0.4, -0.2) is 5.66 Å². The highest BCUT2D eigenvalue weighted by Crippen LogP contribution is 2.37. The van der Waals surface area contributed by atoms with Crippen molar-refractivity contribution in [1.29, 1.82) is 0 Å². The zero-order chi connectivity index (χ0) is 21.2. The Hall–Kier alpha value is -1.13. The van der Waals surface area contributed by atoms with Gasteiger partial charge in [0.15, 0.2) is 0 Å². The Labute approximate surface area is 183 Å². The SMILES string of the molecule is C=C(CCC(P)CC)c1cccc(C(=C)C(C)CC2CCCCCC2)c1/C=C\C. The second kappa shape index (κ2) is 12.5. The third-order valence-electron chi connectivity index (χ3n) is 6.76. The Morgan fingerprint density at radius 1 is 1.14 bits per heavy atom. The first kappa shape index (κ1) is 24.1. The van der Waals surface area contributed by atoms with Crippen molar-refractivity contribution in [3.8, 4) is 0 Å². The van der Waals surface area contributed by atoms with Gasteiger partial charge in [0.2, 0.25) is 0 Å². The first-order chi connectivity index (χ1) is 14.0. The molecule has 0 spiro atoms. The van der Waals surface area contributed by atoms with Crippen molar-refractivity contribution in [2.45, 2.75) is 90.6 Å². The van der Waals surface area contributed by atoms with E-state index in [1.807, 2.05) is 0 Å². The molecule has 0 amide bonds. The highest BCUT2D eigenvalue weighted by Gasteiger charge is 2.20. The van der Waals surface area contributed by atoms with Crippen LogP contribution < -0.4 is 0 Å². The monoisotopic (exact) mass is 410 g/mol. The van der Waals surface area contributed by atoms with E-state index in [1.165, 1.54) is 85.6 Å². The van der Waals surface area contributed by atoms with Gasteiger partial charge in [-0.05, 0) is 77.9 Å². The molecule has 2 rings (SSSR count). The van der Waals surface area contributed by atoms with E-state index in [0.29, 0.717) is 11.6 Å². The predicted molar refractivity (Wildman–Crippen MR) is 137 cm³/mol. The Kier molecular flexibility index (Phi) is 10.4. The maximum atomic E-state index is 4.58. The minimum absolute atomic E-state index is 0.530. The average Bonchev–Trinajstić information content (AvgIpc) is 3.00. The van der Waals surface area contributed by atoms with Gasteiger partial charge >= 0.3 is 0 Å². The Morgan fingerprint density at radius 3 is 2.41 bits per heavy atom. The van der Waals surface area contributed by atoms with Crippen molar-refractivity contribution in [2.24, 2.45) is 11.8 Å². The molecule has 1 aromatic rings. The molecule has 0 aromatic heterocycles. The van der Waals surface area contributed by atoms with Crippen molar-refractivity contribution in [2.75, 3.05) is 0 Å². The molecule has 3 unspecified atom stereocenters. The average molecular weight is 411 g/mol. The molecule has 0 bridgehead atoms. The van der Waals surface area contributed by atoms with E-state index in [1.54, 1.807) is 0 Å². The molecule has 0 aliphatic heterocycles. The van der Waals surface area contributed by atoms with Crippen LogP contribution in [0.4, 0.5) is 0 Å². The fourth-order valence-corrected chi connectivity index (χ4v) is 4.87. The van der Waals surface area contributed by atoms with Crippen molar-refractivity contribution in [3.63, 3.8) is 0 Å². The molecule has 0 saturated heterocycles. The molecule has 0 heterocycles. The van der Waals surface area contributed by atoms with Crippen LogP contribution in [-0.2, 0) is 0 Å². The summed E-state index contributed by atoms with van der Waals surface area (Å²) in [4.78, 5) is 0. The largest absolute Gasteiger partial charge is 0.134 e. The highest BCUT2D eigenvalue weighted by molar-refractivity contribution is 7.17. The maximum Gasteiger partial charge on any atom is -0.0109 e. The summed E-state index contributed by atoms with van der Waals surface area (Å²) in [5.41, 5.74) is 7.17. The molecule has 160 valence electrons. The van der Waals surface area contributed by atoms with E-state index in [-0.39, 0.29) is 0 Å². The molecule has 1 heteroatoms. The molecular weight excluding hydrogens is 367 g/mol. The summed E-state index contributed by atoms with van der Waals surface area (Å²) in [5.74, 6) is 1.41. The van der Waals surface area contributed by atoms with Crippen LogP contribution in [0.2, 0.25) is 0 Å². The molecule has 3 atom stereocenters. The minimum atomic E-state index is 0.530. The number of hydrogen-bond donors (Lipinski definition) is 0. The molecular formula is C28H43P. The van der Waals surface area contributed by atoms with Gasteiger partial charge in [-0.1, -0.05) is 95.9 Å². The van der Waals surface area contributed by atoms with E-state index >= 15 is 0 Å². The van der Waals surface area contributed by atoms with Crippen LogP contribution >= 0.6 is 9.24 Å². The quantitative estimate of drug-likeness (QED) is 0.266. The van der Waals surface area contributed by atoms with Gasteiger partial charge in [-0.2, -0.15) is 0 Å². The smallest absolute Gasteiger partial charge is 0.0109 e. The third-order valence-corrected chi connectivity index (χ3v) is 7.57. The second-order valence-electron chi connectivity index (χ2n) is 9.10. The van der Waals surface area contributed by atoms with E-state index < -0.39 is 0 Å². The summed E-state index contributed by atoms with van der Waals surface area (Å²) >= 11 is 0. The van der Waals surface area contributed by atoms with Gasteiger partial charge in [-0.3, -0.25) is 0 Å². The van der Waals surface area contributed by atoms with Crippen LogP contribution in [0.25, 0.3) is 17.2 Å². The lowest BCUT2D eigenvalue weighted by atomic mass is 9.81. The van der Waals surface area contributed by atoms with Gasteiger partial charge in [0.05, 0.1) is 0 Å². The van der Waals surface area contributed by atoms with Gasteiger partial charge in [-0.25, -0.2) is 0 Å². The summed E-state index contributed by atoms with van der Waals surface area (Å²) in [6.07, 6.45) is 17.6. The summed E-state index contributed by atoms with van der Waals surface area (Å²) in [6, 6.07) is 6.71. The van der Waals surface area contributed by atoms with Crippen LogP contribution in [0.3, 0.4) is 0 Å². The van der Waals surface area contributed by atoms with Gasteiger partial charge in [0, 0.05) is 0 Å². The Bertz CT molecular complexity index is 688. The van der Waals surface area contributed by atoms with Crippen molar-refractivity contribution >= 4 is 26.5 Å². The third kappa shape index (κ3) is 7.25. The number of allylic oxidation sites excluding steroid dienone is 3. The molecule has 1 aliphatic rings. The minimum Gasteiger partial charge on any atom is -0.134 e. The van der Waals surface area contributed by atoms with Crippen molar-refractivity contribution in [1.82, 2.24) is 0 Å². The highest BCUT2D eigenvalue weighted by atomic mass is 31.0. The summed E-state index contributed by atoms with van der Waals surface area (Å²) in [5, 5.41) is 0. The first-order valence-corrected chi connectivity index (χ1v) is 12.5. The van der Waals surface area contributed by atoms with Gasteiger partial charge < -0.3 is 0 Å². The molecule has 0 nitrogen and oxygen atoms in total. The fourth-order valence-electron chi connectivity index (χ4n) is 4.71. The summed E-state index contributed by atoms with van der Waals surface area (Å²) in [7, 11) is 2.97. The van der Waals surface area contributed by atoms with Gasteiger partial charge in [0.25, 0.3) is 0 Å². The number of benzene rings is 1. The van der Waals surface area contributed by atoms with Crippen molar-refractivity contribution in [3.05, 3.63) is 54.1 Å². The second-order valence-corrected chi connectivity index (χ2v) is 10.0. The van der Waals surface area contributed by atoms with Crippen LogP contribution in [0.5, 0.6) is 0 Å². The zero-order valence-corrected chi connectivity index (χ0v) is 20.3. The Morgan fingerprint density at radius 2 is 1.79 bits per heavy atom. The Balaban J connectivity index is 2.19. The van der Waals surface area contributed by atoms with E-state index in [4.69, 9.17) is 0 Å². The molecule has 1 aromatic carbocycles. The van der Waals surface area contributed by atoms with Crippen LogP contribution in [0, 0.1) is 11.8 Å². The topological polar surface area (TPSA) is 0 Å². The molecule has 1 saturated carbocycles. The lowest BCUT2D eigenvalue weighted by molar-refractivity contribution is 0.392. The van der Waals surface area contributed by atoms with Crippen LogP contribution in [0.1, 0.15) is 102 Å². The predicted octanol–water partition coefficient (Wildman–Crippen LogP) is 9.18.